The van der Waals surface area contributed by atoms with Crippen LogP contribution in [0.2, 0.25) is 0 Å². The predicted octanol–water partition coefficient (Wildman–Crippen LogP) is 2.71. The van der Waals surface area contributed by atoms with E-state index in [2.05, 4.69) is 26.8 Å². The summed E-state index contributed by atoms with van der Waals surface area (Å²) in [5.41, 5.74) is 15.3. The first-order valence-corrected chi connectivity index (χ1v) is 7.90. The number of nitrogens with zero attached hydrogens (tertiary/aromatic N) is 2. The second kappa shape index (κ2) is 6.27. The number of anilines is 2. The molecular formula is C18H21N7. The molecule has 0 bridgehead atoms. The van der Waals surface area contributed by atoms with Crippen molar-refractivity contribution in [2.24, 2.45) is 5.73 Å². The van der Waals surface area contributed by atoms with Gasteiger partial charge in [-0.1, -0.05) is 18.7 Å². The van der Waals surface area contributed by atoms with Crippen LogP contribution in [-0.4, -0.2) is 26.7 Å². The highest BCUT2D eigenvalue weighted by Gasteiger charge is 2.18. The van der Waals surface area contributed by atoms with E-state index in [1.165, 1.54) is 6.33 Å². The number of nitrogens with two attached hydrogens (primary N) is 2. The molecule has 3 aromatic rings. The molecular weight excluding hydrogens is 314 g/mol. The summed E-state index contributed by atoms with van der Waals surface area (Å²) in [4.78, 5) is 11.5. The lowest BCUT2D eigenvalue weighted by molar-refractivity contribution is 0.885. The van der Waals surface area contributed by atoms with Crippen LogP contribution >= 0.6 is 0 Å². The van der Waals surface area contributed by atoms with Gasteiger partial charge in [0.05, 0.1) is 17.0 Å². The fraction of sp³-hybridized carbons (Fsp3) is 0.167. The molecule has 0 radical (unpaired) electrons. The molecule has 3 rings (SSSR count). The SMILES string of the molecule is C=C(N)c1ccc2cc(C(=N)c3c(N)ncnc3NC(C)C)[nH]c2c1. The molecule has 0 aliphatic carbocycles. The summed E-state index contributed by atoms with van der Waals surface area (Å²) in [5, 5.41) is 12.8. The minimum atomic E-state index is 0.154. The van der Waals surface area contributed by atoms with Crippen LogP contribution in [0.25, 0.3) is 16.6 Å². The number of rotatable bonds is 5. The molecule has 0 amide bonds. The number of benzene rings is 1. The van der Waals surface area contributed by atoms with Gasteiger partial charge in [0, 0.05) is 22.6 Å². The topological polar surface area (TPSA) is 129 Å². The fourth-order valence-electron chi connectivity index (χ4n) is 2.62. The van der Waals surface area contributed by atoms with Crippen molar-refractivity contribution in [3.63, 3.8) is 0 Å². The summed E-state index contributed by atoms with van der Waals surface area (Å²) in [5.74, 6) is 0.806. The highest BCUT2D eigenvalue weighted by Crippen LogP contribution is 2.25. The number of hydrogen-bond donors (Lipinski definition) is 5. The van der Waals surface area contributed by atoms with Gasteiger partial charge in [0.15, 0.2) is 0 Å². The van der Waals surface area contributed by atoms with Crippen molar-refractivity contribution >= 4 is 33.9 Å². The Morgan fingerprint density at radius 3 is 2.72 bits per heavy atom. The van der Waals surface area contributed by atoms with Crippen LogP contribution in [0.4, 0.5) is 11.6 Å². The molecule has 1 aromatic carbocycles. The molecule has 0 fully saturated rings. The number of aromatic nitrogens is 3. The van der Waals surface area contributed by atoms with E-state index < -0.39 is 0 Å². The summed E-state index contributed by atoms with van der Waals surface area (Å²) in [6.45, 7) is 7.74. The molecule has 7 N–H and O–H groups in total. The number of nitrogen functional groups attached to an aromatic ring is 1. The Bertz CT molecular complexity index is 969. The van der Waals surface area contributed by atoms with Gasteiger partial charge in [0.1, 0.15) is 18.0 Å². The average molecular weight is 335 g/mol. The average Bonchev–Trinajstić information content (AvgIpc) is 2.97. The molecule has 0 atom stereocenters. The van der Waals surface area contributed by atoms with Crippen LogP contribution in [0, 0.1) is 5.41 Å². The van der Waals surface area contributed by atoms with Gasteiger partial charge in [-0.3, -0.25) is 5.41 Å². The quantitative estimate of drug-likeness (QED) is 0.458. The molecule has 7 nitrogen and oxygen atoms in total. The van der Waals surface area contributed by atoms with Crippen LogP contribution < -0.4 is 16.8 Å². The molecule has 25 heavy (non-hydrogen) atoms. The van der Waals surface area contributed by atoms with Crippen molar-refractivity contribution in [2.45, 2.75) is 19.9 Å². The van der Waals surface area contributed by atoms with Gasteiger partial charge < -0.3 is 21.8 Å². The van der Waals surface area contributed by atoms with Gasteiger partial charge in [-0.15, -0.1) is 0 Å². The van der Waals surface area contributed by atoms with Crippen LogP contribution in [0.3, 0.4) is 0 Å². The standard InChI is InChI=1S/C18H21N7/c1-9(2)24-18-15(17(21)22-8-23-18)16(20)14-7-12-5-4-11(10(3)19)6-13(12)25-14/h4-9,20,25H,3,19H2,1-2H3,(H3,21,22,23,24). The summed E-state index contributed by atoms with van der Waals surface area (Å²) >= 11 is 0. The lowest BCUT2D eigenvalue weighted by atomic mass is 10.1. The van der Waals surface area contributed by atoms with E-state index in [-0.39, 0.29) is 17.6 Å². The minimum Gasteiger partial charge on any atom is -0.399 e. The molecule has 0 spiro atoms. The largest absolute Gasteiger partial charge is 0.399 e. The number of hydrogen-bond acceptors (Lipinski definition) is 6. The second-order valence-electron chi connectivity index (χ2n) is 6.17. The zero-order chi connectivity index (χ0) is 18.1. The molecule has 0 saturated carbocycles. The molecule has 2 aromatic heterocycles. The van der Waals surface area contributed by atoms with E-state index in [9.17, 15) is 0 Å². The first-order chi connectivity index (χ1) is 11.9. The maximum Gasteiger partial charge on any atom is 0.141 e. The second-order valence-corrected chi connectivity index (χ2v) is 6.17. The maximum atomic E-state index is 8.59. The molecule has 0 saturated heterocycles. The zero-order valence-corrected chi connectivity index (χ0v) is 14.2. The lowest BCUT2D eigenvalue weighted by Gasteiger charge is -2.14. The Kier molecular flexibility index (Phi) is 4.14. The normalized spacial score (nSPS) is 11.0. The van der Waals surface area contributed by atoms with Crippen LogP contribution in [-0.2, 0) is 0 Å². The van der Waals surface area contributed by atoms with Gasteiger partial charge in [-0.05, 0) is 31.5 Å². The minimum absolute atomic E-state index is 0.154. The smallest absolute Gasteiger partial charge is 0.141 e. The molecule has 0 aliphatic rings. The molecule has 7 heteroatoms. The number of fused-ring (bicyclic) bond motifs is 1. The summed E-state index contributed by atoms with van der Waals surface area (Å²) in [6, 6.07) is 7.80. The van der Waals surface area contributed by atoms with E-state index >= 15 is 0 Å². The number of aromatic amines is 1. The van der Waals surface area contributed by atoms with Gasteiger partial charge >= 0.3 is 0 Å². The maximum absolute atomic E-state index is 8.59. The van der Waals surface area contributed by atoms with E-state index in [0.29, 0.717) is 22.8 Å². The highest BCUT2D eigenvalue weighted by atomic mass is 15.1. The van der Waals surface area contributed by atoms with E-state index in [1.54, 1.807) is 0 Å². The molecule has 0 aliphatic heterocycles. The third-order valence-corrected chi connectivity index (χ3v) is 3.81. The third-order valence-electron chi connectivity index (χ3n) is 3.81. The molecule has 2 heterocycles. The third kappa shape index (κ3) is 3.16. The first-order valence-electron chi connectivity index (χ1n) is 7.90. The number of H-pyrrole nitrogens is 1. The van der Waals surface area contributed by atoms with E-state index in [1.807, 2.05) is 38.1 Å². The van der Waals surface area contributed by atoms with Crippen molar-refractivity contribution in [3.8, 4) is 0 Å². The summed E-state index contributed by atoms with van der Waals surface area (Å²) in [7, 11) is 0. The van der Waals surface area contributed by atoms with Crippen molar-refractivity contribution in [1.82, 2.24) is 15.0 Å². The summed E-state index contributed by atoms with van der Waals surface area (Å²) < 4.78 is 0. The van der Waals surface area contributed by atoms with E-state index in [0.717, 1.165) is 16.5 Å². The Balaban J connectivity index is 2.07. The predicted molar refractivity (Wildman–Crippen MR) is 103 cm³/mol. The van der Waals surface area contributed by atoms with Crippen molar-refractivity contribution < 1.29 is 0 Å². The fourth-order valence-corrected chi connectivity index (χ4v) is 2.62. The van der Waals surface area contributed by atoms with Crippen LogP contribution in [0.1, 0.15) is 30.7 Å². The monoisotopic (exact) mass is 335 g/mol. The molecule has 128 valence electrons. The lowest BCUT2D eigenvalue weighted by Crippen LogP contribution is -2.18. The van der Waals surface area contributed by atoms with Crippen LogP contribution in [0.5, 0.6) is 0 Å². The van der Waals surface area contributed by atoms with Gasteiger partial charge in [-0.25, -0.2) is 9.97 Å². The van der Waals surface area contributed by atoms with E-state index in [4.69, 9.17) is 16.9 Å². The Morgan fingerprint density at radius 1 is 1.28 bits per heavy atom. The van der Waals surface area contributed by atoms with Crippen LogP contribution in [0.15, 0.2) is 37.2 Å². The Hall–Kier alpha value is -3.35. The van der Waals surface area contributed by atoms with Crippen molar-refractivity contribution in [2.75, 3.05) is 11.1 Å². The first kappa shape index (κ1) is 16.5. The molecule has 0 unspecified atom stereocenters. The van der Waals surface area contributed by atoms with Crippen molar-refractivity contribution in [3.05, 3.63) is 54.0 Å². The Morgan fingerprint density at radius 2 is 2.04 bits per heavy atom. The van der Waals surface area contributed by atoms with Gasteiger partial charge in [0.25, 0.3) is 0 Å². The summed E-state index contributed by atoms with van der Waals surface area (Å²) in [6.07, 6.45) is 1.39. The van der Waals surface area contributed by atoms with Crippen molar-refractivity contribution in [1.29, 1.82) is 5.41 Å². The Labute approximate surface area is 145 Å². The zero-order valence-electron chi connectivity index (χ0n) is 14.2. The number of nitrogens with one attached hydrogen (secondary N) is 3. The van der Waals surface area contributed by atoms with Gasteiger partial charge in [0.2, 0.25) is 0 Å². The van der Waals surface area contributed by atoms with Gasteiger partial charge in [-0.2, -0.15) is 0 Å². The highest BCUT2D eigenvalue weighted by molar-refractivity contribution is 6.16.